The third kappa shape index (κ3) is 4.82. The number of hydrogen-bond donors (Lipinski definition) is 1. The molecule has 1 saturated heterocycles. The van der Waals surface area contributed by atoms with Crippen LogP contribution in [0.25, 0.3) is 11.1 Å². The lowest BCUT2D eigenvalue weighted by Gasteiger charge is -2.30. The van der Waals surface area contributed by atoms with Crippen LogP contribution in [0.5, 0.6) is 5.75 Å². The first kappa shape index (κ1) is 19.7. The maximum absolute atomic E-state index is 12.7. The Morgan fingerprint density at radius 3 is 2.43 bits per heavy atom. The summed E-state index contributed by atoms with van der Waals surface area (Å²) in [7, 11) is 1.64. The van der Waals surface area contributed by atoms with Crippen molar-refractivity contribution in [2.75, 3.05) is 32.1 Å². The van der Waals surface area contributed by atoms with Gasteiger partial charge in [0, 0.05) is 24.7 Å². The first-order valence-corrected chi connectivity index (χ1v) is 9.57. The summed E-state index contributed by atoms with van der Waals surface area (Å²) in [6, 6.07) is 15.6. The van der Waals surface area contributed by atoms with Gasteiger partial charge in [-0.3, -0.25) is 4.79 Å². The zero-order chi connectivity index (χ0) is 19.9. The van der Waals surface area contributed by atoms with Gasteiger partial charge in [-0.25, -0.2) is 4.79 Å². The number of carbonyl (C=O) groups is 2. The van der Waals surface area contributed by atoms with Crippen molar-refractivity contribution in [3.05, 3.63) is 48.5 Å². The van der Waals surface area contributed by atoms with Gasteiger partial charge in [0.1, 0.15) is 5.75 Å². The van der Waals surface area contributed by atoms with Gasteiger partial charge in [0.25, 0.3) is 0 Å². The molecule has 148 valence electrons. The molecule has 2 aromatic rings. The van der Waals surface area contributed by atoms with Gasteiger partial charge in [-0.15, -0.1) is 0 Å². The molecule has 0 aliphatic carbocycles. The summed E-state index contributed by atoms with van der Waals surface area (Å²) >= 11 is 0. The fraction of sp³-hybridized carbons (Fsp3) is 0.364. The van der Waals surface area contributed by atoms with E-state index in [9.17, 15) is 9.59 Å². The molecule has 0 unspecified atom stereocenters. The van der Waals surface area contributed by atoms with Crippen LogP contribution in [-0.2, 0) is 9.53 Å². The molecule has 2 aromatic carbocycles. The molecule has 1 aliphatic heterocycles. The topological polar surface area (TPSA) is 67.9 Å². The minimum absolute atomic E-state index is 0.00805. The number of piperidine rings is 1. The van der Waals surface area contributed by atoms with E-state index in [0.29, 0.717) is 32.5 Å². The number of anilines is 1. The number of likely N-dealkylation sites (tertiary alicyclic amines) is 1. The van der Waals surface area contributed by atoms with Gasteiger partial charge >= 0.3 is 6.09 Å². The van der Waals surface area contributed by atoms with E-state index in [1.165, 1.54) is 0 Å². The maximum Gasteiger partial charge on any atom is 0.409 e. The second kappa shape index (κ2) is 9.26. The Morgan fingerprint density at radius 1 is 1.07 bits per heavy atom. The number of hydrogen-bond acceptors (Lipinski definition) is 4. The van der Waals surface area contributed by atoms with E-state index in [1.807, 2.05) is 48.5 Å². The molecular formula is C22H26N2O4. The maximum atomic E-state index is 12.7. The first-order valence-electron chi connectivity index (χ1n) is 9.57. The second-order valence-corrected chi connectivity index (χ2v) is 6.76. The molecule has 0 spiro atoms. The van der Waals surface area contributed by atoms with Crippen LogP contribution in [-0.4, -0.2) is 43.7 Å². The van der Waals surface area contributed by atoms with Gasteiger partial charge in [-0.2, -0.15) is 0 Å². The van der Waals surface area contributed by atoms with Gasteiger partial charge in [0.05, 0.1) is 13.7 Å². The second-order valence-electron chi connectivity index (χ2n) is 6.76. The molecule has 1 aliphatic rings. The van der Waals surface area contributed by atoms with E-state index in [4.69, 9.17) is 9.47 Å². The minimum Gasteiger partial charge on any atom is -0.497 e. The third-order valence-corrected chi connectivity index (χ3v) is 4.92. The van der Waals surface area contributed by atoms with Gasteiger partial charge in [-0.1, -0.05) is 24.3 Å². The van der Waals surface area contributed by atoms with Gasteiger partial charge in [0.2, 0.25) is 5.91 Å². The van der Waals surface area contributed by atoms with Gasteiger partial charge in [0.15, 0.2) is 0 Å². The van der Waals surface area contributed by atoms with E-state index in [2.05, 4.69) is 5.32 Å². The molecule has 1 N–H and O–H groups in total. The number of amides is 2. The summed E-state index contributed by atoms with van der Waals surface area (Å²) in [5.41, 5.74) is 2.80. The summed E-state index contributed by atoms with van der Waals surface area (Å²) in [6.07, 6.45) is 0.979. The van der Waals surface area contributed by atoms with Crippen LogP contribution < -0.4 is 10.1 Å². The molecular weight excluding hydrogens is 356 g/mol. The highest BCUT2D eigenvalue weighted by atomic mass is 16.6. The molecule has 1 heterocycles. The summed E-state index contributed by atoms with van der Waals surface area (Å²) in [4.78, 5) is 26.1. The van der Waals surface area contributed by atoms with Crippen LogP contribution in [0.2, 0.25) is 0 Å². The SMILES string of the molecule is CCOC(=O)N1CCC(C(=O)Nc2cccc(-c3cccc(OC)c3)c2)CC1. The summed E-state index contributed by atoms with van der Waals surface area (Å²) in [5.74, 6) is 0.678. The third-order valence-electron chi connectivity index (χ3n) is 4.92. The van der Waals surface area contributed by atoms with Crippen molar-refractivity contribution >= 4 is 17.7 Å². The van der Waals surface area contributed by atoms with E-state index >= 15 is 0 Å². The van der Waals surface area contributed by atoms with Crippen LogP contribution in [0.3, 0.4) is 0 Å². The average Bonchev–Trinajstić information content (AvgIpc) is 2.74. The van der Waals surface area contributed by atoms with Crippen molar-refractivity contribution in [3.8, 4) is 16.9 Å². The van der Waals surface area contributed by atoms with E-state index in [0.717, 1.165) is 22.6 Å². The lowest BCUT2D eigenvalue weighted by atomic mass is 9.96. The molecule has 0 saturated carbocycles. The highest BCUT2D eigenvalue weighted by Crippen LogP contribution is 2.27. The Bertz CT molecular complexity index is 829. The molecule has 2 amide bonds. The molecule has 0 bridgehead atoms. The number of rotatable bonds is 5. The Hall–Kier alpha value is -3.02. The summed E-state index contributed by atoms with van der Waals surface area (Å²) in [5, 5.41) is 3.01. The lowest BCUT2D eigenvalue weighted by molar-refractivity contribution is -0.121. The monoisotopic (exact) mass is 382 g/mol. The van der Waals surface area contributed by atoms with Crippen molar-refractivity contribution < 1.29 is 19.1 Å². The Morgan fingerprint density at radius 2 is 1.75 bits per heavy atom. The Labute approximate surface area is 165 Å². The van der Waals surface area contributed by atoms with Crippen molar-refractivity contribution in [1.82, 2.24) is 4.90 Å². The normalized spacial score (nSPS) is 14.4. The minimum atomic E-state index is -0.299. The van der Waals surface area contributed by atoms with Crippen LogP contribution >= 0.6 is 0 Å². The van der Waals surface area contributed by atoms with E-state index < -0.39 is 0 Å². The van der Waals surface area contributed by atoms with Crippen molar-refractivity contribution in [2.45, 2.75) is 19.8 Å². The smallest absolute Gasteiger partial charge is 0.409 e. The summed E-state index contributed by atoms with van der Waals surface area (Å²) < 4.78 is 10.3. The molecule has 3 rings (SSSR count). The molecule has 0 atom stereocenters. The summed E-state index contributed by atoms with van der Waals surface area (Å²) in [6.45, 7) is 3.24. The van der Waals surface area contributed by atoms with Gasteiger partial charge < -0.3 is 19.7 Å². The zero-order valence-corrected chi connectivity index (χ0v) is 16.3. The number of carbonyl (C=O) groups excluding carboxylic acids is 2. The zero-order valence-electron chi connectivity index (χ0n) is 16.3. The number of benzene rings is 2. The van der Waals surface area contributed by atoms with Crippen LogP contribution in [0.4, 0.5) is 10.5 Å². The molecule has 6 heteroatoms. The Balaban J connectivity index is 1.61. The van der Waals surface area contributed by atoms with Crippen molar-refractivity contribution in [1.29, 1.82) is 0 Å². The number of ether oxygens (including phenoxy) is 2. The van der Waals surface area contributed by atoms with Crippen LogP contribution in [0.15, 0.2) is 48.5 Å². The highest BCUT2D eigenvalue weighted by Gasteiger charge is 2.28. The molecule has 0 radical (unpaired) electrons. The Kier molecular flexibility index (Phi) is 6.53. The quantitative estimate of drug-likeness (QED) is 0.843. The average molecular weight is 382 g/mol. The molecule has 1 fully saturated rings. The lowest BCUT2D eigenvalue weighted by Crippen LogP contribution is -2.41. The molecule has 0 aromatic heterocycles. The number of methoxy groups -OCH3 is 1. The number of nitrogens with zero attached hydrogens (tertiary/aromatic N) is 1. The predicted octanol–water partition coefficient (Wildman–Crippen LogP) is 4.17. The highest BCUT2D eigenvalue weighted by molar-refractivity contribution is 5.93. The standard InChI is InChI=1S/C22H26N2O4/c1-3-28-22(26)24-12-10-16(11-13-24)21(25)23-19-8-4-6-17(14-19)18-7-5-9-20(15-18)27-2/h4-9,14-16H,3,10-13H2,1-2H3,(H,23,25). The van der Waals surface area contributed by atoms with Crippen LogP contribution in [0, 0.1) is 5.92 Å². The molecule has 28 heavy (non-hydrogen) atoms. The van der Waals surface area contributed by atoms with E-state index in [1.54, 1.807) is 18.9 Å². The fourth-order valence-electron chi connectivity index (χ4n) is 3.36. The van der Waals surface area contributed by atoms with E-state index in [-0.39, 0.29) is 17.9 Å². The van der Waals surface area contributed by atoms with Gasteiger partial charge in [-0.05, 0) is 55.2 Å². The largest absolute Gasteiger partial charge is 0.497 e. The number of nitrogens with one attached hydrogen (secondary N) is 1. The fourth-order valence-corrected chi connectivity index (χ4v) is 3.36. The first-order chi connectivity index (χ1) is 13.6. The molecule has 6 nitrogen and oxygen atoms in total. The van der Waals surface area contributed by atoms with Crippen molar-refractivity contribution in [3.63, 3.8) is 0 Å². The van der Waals surface area contributed by atoms with Crippen LogP contribution in [0.1, 0.15) is 19.8 Å². The van der Waals surface area contributed by atoms with Crippen molar-refractivity contribution in [2.24, 2.45) is 5.92 Å². The predicted molar refractivity (Wildman–Crippen MR) is 108 cm³/mol.